The van der Waals surface area contributed by atoms with Crippen molar-refractivity contribution in [3.63, 3.8) is 0 Å². The lowest BCUT2D eigenvalue weighted by Gasteiger charge is -1.99. The molecule has 0 radical (unpaired) electrons. The van der Waals surface area contributed by atoms with Gasteiger partial charge in [0, 0.05) is 13.8 Å². The molecular formula is C12H14O4. The minimum absolute atomic E-state index is 0.221. The van der Waals surface area contributed by atoms with Crippen LogP contribution in [0, 0.1) is 11.8 Å². The van der Waals surface area contributed by atoms with Crippen LogP contribution in [0.25, 0.3) is 0 Å². The molecule has 0 aromatic rings. The molecule has 0 aromatic heterocycles. The molecule has 0 aliphatic heterocycles. The summed E-state index contributed by atoms with van der Waals surface area (Å²) in [6, 6.07) is 0. The predicted molar refractivity (Wildman–Crippen MR) is 58.8 cm³/mol. The van der Waals surface area contributed by atoms with E-state index in [0.717, 1.165) is 0 Å². The Bertz CT molecular complexity index is 355. The maximum Gasteiger partial charge on any atom is 0.308 e. The van der Waals surface area contributed by atoms with E-state index in [-0.39, 0.29) is 11.5 Å². The molecule has 4 heteroatoms. The van der Waals surface area contributed by atoms with Crippen LogP contribution in [0.1, 0.15) is 27.7 Å². The third-order valence-electron chi connectivity index (χ3n) is 1.34. The second-order valence-corrected chi connectivity index (χ2v) is 2.74. The number of hydrogen-bond donors (Lipinski definition) is 0. The van der Waals surface area contributed by atoms with Gasteiger partial charge in [0.05, 0.1) is 0 Å². The molecule has 86 valence electrons. The topological polar surface area (TPSA) is 52.6 Å². The highest BCUT2D eigenvalue weighted by Gasteiger charge is 1.98. The van der Waals surface area contributed by atoms with Gasteiger partial charge in [0.15, 0.2) is 11.5 Å². The standard InChI is InChI=1S/C12H14O4/c1-5-11(15-9(3)13)7-8-12(6-2)16-10(4)14/h5-6H,1-4H3/b11-5+,12-6+. The second kappa shape index (κ2) is 7.30. The Morgan fingerprint density at radius 1 is 0.875 bits per heavy atom. The highest BCUT2D eigenvalue weighted by atomic mass is 16.5. The molecule has 4 nitrogen and oxygen atoms in total. The maximum absolute atomic E-state index is 10.7. The Kier molecular flexibility index (Phi) is 6.37. The van der Waals surface area contributed by atoms with Gasteiger partial charge in [-0.05, 0) is 37.8 Å². The molecule has 0 aromatic carbocycles. The Morgan fingerprint density at radius 3 is 1.38 bits per heavy atom. The van der Waals surface area contributed by atoms with Crippen LogP contribution in [-0.4, -0.2) is 11.9 Å². The van der Waals surface area contributed by atoms with Crippen molar-refractivity contribution in [2.75, 3.05) is 0 Å². The van der Waals surface area contributed by atoms with E-state index in [2.05, 4.69) is 11.8 Å². The van der Waals surface area contributed by atoms with Crippen LogP contribution >= 0.6 is 0 Å². The summed E-state index contributed by atoms with van der Waals surface area (Å²) in [5, 5.41) is 0. The van der Waals surface area contributed by atoms with Gasteiger partial charge in [0.25, 0.3) is 0 Å². The van der Waals surface area contributed by atoms with E-state index >= 15 is 0 Å². The first-order chi connectivity index (χ1) is 7.49. The molecule has 0 rings (SSSR count). The lowest BCUT2D eigenvalue weighted by Crippen LogP contribution is -1.99. The quantitative estimate of drug-likeness (QED) is 0.407. The molecule has 0 aliphatic carbocycles. The van der Waals surface area contributed by atoms with Crippen LogP contribution in [-0.2, 0) is 19.1 Å². The van der Waals surface area contributed by atoms with Gasteiger partial charge >= 0.3 is 11.9 Å². The minimum Gasteiger partial charge on any atom is -0.418 e. The van der Waals surface area contributed by atoms with Crippen molar-refractivity contribution in [2.24, 2.45) is 0 Å². The third kappa shape index (κ3) is 6.44. The first-order valence-corrected chi connectivity index (χ1v) is 4.71. The average molecular weight is 222 g/mol. The van der Waals surface area contributed by atoms with Gasteiger partial charge in [-0.2, -0.15) is 0 Å². The molecule has 0 heterocycles. The molecule has 0 unspecified atom stereocenters. The minimum atomic E-state index is -0.447. The van der Waals surface area contributed by atoms with Crippen LogP contribution in [0.5, 0.6) is 0 Å². The molecule has 0 saturated carbocycles. The number of hydrogen-bond acceptors (Lipinski definition) is 4. The largest absolute Gasteiger partial charge is 0.418 e. The summed E-state index contributed by atoms with van der Waals surface area (Å²) in [4.78, 5) is 21.3. The predicted octanol–water partition coefficient (Wildman–Crippen LogP) is 1.92. The van der Waals surface area contributed by atoms with Gasteiger partial charge in [0.1, 0.15) is 0 Å². The summed E-state index contributed by atoms with van der Waals surface area (Å²) in [5.74, 6) is 4.71. The molecule has 0 N–H and O–H groups in total. The van der Waals surface area contributed by atoms with E-state index < -0.39 is 11.9 Å². The molecule has 0 bridgehead atoms. The maximum atomic E-state index is 10.7. The first-order valence-electron chi connectivity index (χ1n) is 4.71. The number of allylic oxidation sites excluding steroid dienone is 4. The second-order valence-electron chi connectivity index (χ2n) is 2.74. The molecule has 0 spiro atoms. The van der Waals surface area contributed by atoms with Crippen molar-refractivity contribution < 1.29 is 19.1 Å². The number of ether oxygens (including phenoxy) is 2. The molecule has 0 atom stereocenters. The molecule has 0 aliphatic rings. The average Bonchev–Trinajstić information content (AvgIpc) is 2.20. The Morgan fingerprint density at radius 2 is 1.19 bits per heavy atom. The number of rotatable bonds is 2. The van der Waals surface area contributed by atoms with Gasteiger partial charge in [-0.3, -0.25) is 9.59 Å². The number of carbonyl (C=O) groups excluding carboxylic acids is 2. The van der Waals surface area contributed by atoms with E-state index in [1.165, 1.54) is 13.8 Å². The van der Waals surface area contributed by atoms with Crippen molar-refractivity contribution in [3.8, 4) is 11.8 Å². The van der Waals surface area contributed by atoms with E-state index in [1.54, 1.807) is 26.0 Å². The van der Waals surface area contributed by atoms with Crippen LogP contribution in [0.2, 0.25) is 0 Å². The zero-order valence-corrected chi connectivity index (χ0v) is 9.79. The van der Waals surface area contributed by atoms with Gasteiger partial charge in [-0.1, -0.05) is 0 Å². The Balaban J connectivity index is 4.67. The smallest absolute Gasteiger partial charge is 0.308 e. The summed E-state index contributed by atoms with van der Waals surface area (Å²) in [5.41, 5.74) is 0. The van der Waals surface area contributed by atoms with Crippen molar-refractivity contribution in [2.45, 2.75) is 27.7 Å². The van der Waals surface area contributed by atoms with Crippen molar-refractivity contribution in [1.82, 2.24) is 0 Å². The SMILES string of the molecule is C/C=C(\C#C/C(=C\C)OC(C)=O)OC(C)=O. The summed E-state index contributed by atoms with van der Waals surface area (Å²) in [7, 11) is 0. The third-order valence-corrected chi connectivity index (χ3v) is 1.34. The van der Waals surface area contributed by atoms with Gasteiger partial charge < -0.3 is 9.47 Å². The van der Waals surface area contributed by atoms with Gasteiger partial charge in [0.2, 0.25) is 0 Å². The molecule has 0 amide bonds. The lowest BCUT2D eigenvalue weighted by molar-refractivity contribution is -0.137. The van der Waals surface area contributed by atoms with Crippen LogP contribution in [0.3, 0.4) is 0 Å². The van der Waals surface area contributed by atoms with E-state index in [0.29, 0.717) is 0 Å². The molecule has 0 fully saturated rings. The summed E-state index contributed by atoms with van der Waals surface area (Å²) in [6.45, 7) is 5.95. The van der Waals surface area contributed by atoms with Gasteiger partial charge in [-0.25, -0.2) is 0 Å². The van der Waals surface area contributed by atoms with Gasteiger partial charge in [-0.15, -0.1) is 0 Å². The molecule has 0 saturated heterocycles. The fourth-order valence-electron chi connectivity index (χ4n) is 0.746. The van der Waals surface area contributed by atoms with E-state index in [1.807, 2.05) is 0 Å². The first kappa shape index (κ1) is 14.0. The fraction of sp³-hybridized carbons (Fsp3) is 0.333. The van der Waals surface area contributed by atoms with Crippen LogP contribution < -0.4 is 0 Å². The lowest BCUT2D eigenvalue weighted by atomic mass is 10.4. The van der Waals surface area contributed by atoms with Crippen molar-refractivity contribution >= 4 is 11.9 Å². The zero-order chi connectivity index (χ0) is 12.6. The fourth-order valence-corrected chi connectivity index (χ4v) is 0.746. The number of carbonyl (C=O) groups is 2. The van der Waals surface area contributed by atoms with Crippen LogP contribution in [0.15, 0.2) is 23.7 Å². The molecule has 16 heavy (non-hydrogen) atoms. The summed E-state index contributed by atoms with van der Waals surface area (Å²) in [6.07, 6.45) is 3.10. The zero-order valence-electron chi connectivity index (χ0n) is 9.79. The monoisotopic (exact) mass is 222 g/mol. The summed E-state index contributed by atoms with van der Waals surface area (Å²) < 4.78 is 9.56. The normalized spacial score (nSPS) is 11.2. The molecular weight excluding hydrogens is 208 g/mol. The van der Waals surface area contributed by atoms with Crippen molar-refractivity contribution in [3.05, 3.63) is 23.7 Å². The highest BCUT2D eigenvalue weighted by molar-refractivity contribution is 5.69. The van der Waals surface area contributed by atoms with Crippen LogP contribution in [0.4, 0.5) is 0 Å². The Hall–Kier alpha value is -2.02. The summed E-state index contributed by atoms with van der Waals surface area (Å²) >= 11 is 0. The van der Waals surface area contributed by atoms with Crippen molar-refractivity contribution in [1.29, 1.82) is 0 Å². The highest BCUT2D eigenvalue weighted by Crippen LogP contribution is 1.99. The van der Waals surface area contributed by atoms with E-state index in [9.17, 15) is 9.59 Å². The number of esters is 2. The Labute approximate surface area is 94.9 Å². The van der Waals surface area contributed by atoms with E-state index in [4.69, 9.17) is 9.47 Å².